The van der Waals surface area contributed by atoms with Crippen LogP contribution in [0.5, 0.6) is 0 Å². The second-order valence-corrected chi connectivity index (χ2v) is 25.9. The molecule has 0 saturated carbocycles. The van der Waals surface area contributed by atoms with Crippen molar-refractivity contribution in [2.75, 3.05) is 19.8 Å². The fourth-order valence-corrected chi connectivity index (χ4v) is 12.7. The predicted octanol–water partition coefficient (Wildman–Crippen LogP) is 11.4. The first-order chi connectivity index (χ1) is 55.2. The van der Waals surface area contributed by atoms with Crippen molar-refractivity contribution >= 4 is 53.7 Å². The Bertz CT molecular complexity index is 4810. The van der Waals surface area contributed by atoms with Crippen LogP contribution in [0, 0.1) is 0 Å². The van der Waals surface area contributed by atoms with Gasteiger partial charge in [0.05, 0.1) is 56.7 Å². The zero-order valence-electron chi connectivity index (χ0n) is 60.1. The van der Waals surface area contributed by atoms with Crippen molar-refractivity contribution in [3.8, 4) is 0 Å². The minimum absolute atomic E-state index is 0.0273. The highest BCUT2D eigenvalue weighted by atomic mass is 16.8. The maximum atomic E-state index is 15.5. The van der Waals surface area contributed by atoms with Crippen molar-refractivity contribution in [3.63, 3.8) is 0 Å². The predicted molar refractivity (Wildman–Crippen MR) is 397 cm³/mol. The summed E-state index contributed by atoms with van der Waals surface area (Å²) in [6.45, 7) is -2.86. The number of benzene rings is 10. The van der Waals surface area contributed by atoms with Crippen LogP contribution in [0.1, 0.15) is 98.8 Å². The van der Waals surface area contributed by atoms with Gasteiger partial charge in [-0.15, -0.1) is 0 Å². The van der Waals surface area contributed by atoms with E-state index in [2.05, 4.69) is 0 Å². The quantitative estimate of drug-likeness (QED) is 0.0352. The van der Waals surface area contributed by atoms with Crippen molar-refractivity contribution in [3.05, 3.63) is 359 Å². The maximum Gasteiger partial charge on any atom is 0.338 e. The molecule has 13 rings (SSSR count). The molecule has 576 valence electrons. The summed E-state index contributed by atoms with van der Waals surface area (Å²) in [6, 6.07) is 77.5. The van der Waals surface area contributed by atoms with E-state index < -0.39 is 166 Å². The van der Waals surface area contributed by atoms with Gasteiger partial charge in [0.15, 0.2) is 55.5 Å². The van der Waals surface area contributed by atoms with Crippen LogP contribution < -0.4 is 0 Å². The van der Waals surface area contributed by atoms with Gasteiger partial charge in [0.25, 0.3) is 0 Å². The van der Waals surface area contributed by atoms with E-state index in [1.165, 1.54) is 133 Å². The molecule has 0 radical (unpaired) electrons. The zero-order valence-corrected chi connectivity index (χ0v) is 60.1. The first-order valence-corrected chi connectivity index (χ1v) is 36.0. The van der Waals surface area contributed by atoms with E-state index >= 15 is 14.4 Å². The summed E-state index contributed by atoms with van der Waals surface area (Å²) in [7, 11) is 0. The van der Waals surface area contributed by atoms with E-state index in [1.54, 1.807) is 170 Å². The van der Waals surface area contributed by atoms with Gasteiger partial charge >= 0.3 is 53.7 Å². The molecule has 113 heavy (non-hydrogen) atoms. The molecule has 25 heteroatoms. The highest BCUT2D eigenvalue weighted by Crippen LogP contribution is 2.40. The van der Waals surface area contributed by atoms with Gasteiger partial charge in [0.2, 0.25) is 0 Å². The van der Waals surface area contributed by atoms with E-state index in [-0.39, 0.29) is 56.7 Å². The molecule has 3 aliphatic rings. The second-order valence-electron chi connectivity index (χ2n) is 25.9. The Hall–Kier alpha value is -12.9. The number of rotatable bonds is 28. The third-order valence-corrected chi connectivity index (χ3v) is 18.3. The van der Waals surface area contributed by atoms with E-state index in [9.17, 15) is 33.9 Å². The summed E-state index contributed by atoms with van der Waals surface area (Å²) in [5.74, 6) is -9.17. The minimum Gasteiger partial charge on any atom is -0.459 e. The van der Waals surface area contributed by atoms with E-state index in [0.29, 0.717) is 5.56 Å². The van der Waals surface area contributed by atoms with Crippen molar-refractivity contribution in [2.24, 2.45) is 0 Å². The van der Waals surface area contributed by atoms with Gasteiger partial charge < -0.3 is 76.2 Å². The van der Waals surface area contributed by atoms with Gasteiger partial charge in [0.1, 0.15) is 56.4 Å². The molecule has 0 spiro atoms. The average Bonchev–Trinajstić information content (AvgIpc) is 0.755. The van der Waals surface area contributed by atoms with Crippen LogP contribution in [0.25, 0.3) is 0 Å². The summed E-state index contributed by atoms with van der Waals surface area (Å²) < 4.78 is 98.6. The number of ether oxygens (including phenoxy) is 15. The van der Waals surface area contributed by atoms with Crippen LogP contribution in [0.2, 0.25) is 0 Å². The van der Waals surface area contributed by atoms with Gasteiger partial charge in [-0.05, 0) is 115 Å². The lowest BCUT2D eigenvalue weighted by atomic mass is 9.94. The van der Waals surface area contributed by atoms with Crippen LogP contribution in [0.4, 0.5) is 0 Å². The number of aliphatic hydroxyl groups is 1. The fourth-order valence-electron chi connectivity index (χ4n) is 12.7. The summed E-state index contributed by atoms with van der Waals surface area (Å²) in [4.78, 5) is 133. The van der Waals surface area contributed by atoms with Crippen molar-refractivity contribution in [1.82, 2.24) is 0 Å². The van der Waals surface area contributed by atoms with E-state index in [4.69, 9.17) is 71.1 Å². The smallest absolute Gasteiger partial charge is 0.338 e. The Labute approximate surface area is 647 Å². The van der Waals surface area contributed by atoms with Crippen LogP contribution in [-0.2, 0) is 77.7 Å². The zero-order chi connectivity index (χ0) is 78.4. The van der Waals surface area contributed by atoms with Crippen LogP contribution in [-0.4, -0.2) is 171 Å². The molecule has 3 heterocycles. The Balaban J connectivity index is 1.01. The van der Waals surface area contributed by atoms with E-state index in [0.717, 1.165) is 0 Å². The molecular weight excluding hydrogens is 1460 g/mol. The molecule has 1 N–H and O–H groups in total. The molecule has 15 atom stereocenters. The summed E-state index contributed by atoms with van der Waals surface area (Å²) >= 11 is 0. The lowest BCUT2D eigenvalue weighted by Crippen LogP contribution is -2.69. The van der Waals surface area contributed by atoms with Crippen LogP contribution >= 0.6 is 0 Å². The van der Waals surface area contributed by atoms with Gasteiger partial charge in [-0.1, -0.05) is 194 Å². The molecule has 0 unspecified atom stereocenters. The van der Waals surface area contributed by atoms with Crippen molar-refractivity contribution in [2.45, 2.75) is 98.7 Å². The third-order valence-electron chi connectivity index (χ3n) is 18.3. The Morgan fingerprint density at radius 3 is 0.735 bits per heavy atom. The molecule has 10 aromatic carbocycles. The number of aliphatic hydroxyl groups excluding tert-OH is 1. The first kappa shape index (κ1) is 78.3. The topological polar surface area (TPSA) is 312 Å². The molecular formula is C88H74O25. The second kappa shape index (κ2) is 38.2. The fraction of sp³-hybridized carbons (Fsp3) is 0.216. The molecule has 0 aliphatic carbocycles. The largest absolute Gasteiger partial charge is 0.459 e. The first-order valence-electron chi connectivity index (χ1n) is 36.0. The monoisotopic (exact) mass is 1530 g/mol. The van der Waals surface area contributed by atoms with Gasteiger partial charge in [-0.2, -0.15) is 0 Å². The lowest BCUT2D eigenvalue weighted by molar-refractivity contribution is -0.377. The maximum absolute atomic E-state index is 15.5. The highest BCUT2D eigenvalue weighted by molar-refractivity contribution is 5.94. The highest BCUT2D eigenvalue weighted by Gasteiger charge is 2.61. The molecule has 0 aromatic heterocycles. The normalized spacial score (nSPS) is 23.1. The van der Waals surface area contributed by atoms with Crippen LogP contribution in [0.3, 0.4) is 0 Å². The lowest BCUT2D eigenvalue weighted by Gasteiger charge is -2.50. The van der Waals surface area contributed by atoms with Crippen molar-refractivity contribution in [1.29, 1.82) is 0 Å². The third kappa shape index (κ3) is 20.2. The number of carbonyl (C=O) groups excluding carboxylic acids is 9. The van der Waals surface area contributed by atoms with Gasteiger partial charge in [0, 0.05) is 0 Å². The van der Waals surface area contributed by atoms with Gasteiger partial charge in [-0.3, -0.25) is 0 Å². The number of hydrogen-bond acceptors (Lipinski definition) is 25. The van der Waals surface area contributed by atoms with E-state index in [1.807, 2.05) is 0 Å². The molecule has 25 nitrogen and oxygen atoms in total. The summed E-state index contributed by atoms with van der Waals surface area (Å²) in [6.07, 6.45) is -30.7. The number of hydrogen-bond donors (Lipinski definition) is 1. The molecule has 3 aliphatic heterocycles. The molecule has 0 bridgehead atoms. The Morgan fingerprint density at radius 2 is 0.451 bits per heavy atom. The minimum atomic E-state index is -2.35. The summed E-state index contributed by atoms with van der Waals surface area (Å²) in [5.41, 5.74) is 0.401. The van der Waals surface area contributed by atoms with Crippen molar-refractivity contribution < 1.29 is 119 Å². The molecule has 0 amide bonds. The Kier molecular flexibility index (Phi) is 26.5. The SMILES string of the molecule is O=C(OC[C@H]1O[C@@H](O)[C@H](OC(=O)c2ccccc2)[C@@H](O[C@@H]2O[C@H](COC(=O)c3ccccc3)[C@H](OC(=O)c3ccccc3)[C@H](O[C@@H]3O[C@H](COC(=O)c4ccccc4)[C@H](OC(=O)c4ccccc4)[C@H](OCc4ccccc4)[C@H]3OC(=O)c3ccccc3)[C@H]2OC(=O)c2ccccc2)[C@H]1OC(=O)c1ccccc1)c1ccccc1. The number of esters is 9. The standard InChI is InChI=1S/C88H74O25/c89-77(56-33-13-2-14-34-56)100-52-65-69(107-81(93)60-41-21-6-22-42-60)72(74(86(98)103-65)109-83(95)62-45-25-8-26-46-62)112-88-76(111-85(97)64-49-29-10-30-50-64)73(70(108-82(94)61-43-23-7-24-44-61)67(105-88)54-102-79(91)58-37-17-4-18-38-58)113-87-75(110-84(96)63-47-27-9-28-48-63)71(99-51-55-31-11-1-12-32-55)68(106-80(92)59-39-19-5-20-40-59)66(104-87)53-101-78(90)57-35-15-3-16-36-57/h1-50,65-76,86-88,98H,51-54H2/t65-,66-,67-,68+,69+,70+,71+,72+,73+,74-,75-,76-,86-,87+,88+/m1/s1. The van der Waals surface area contributed by atoms with Crippen LogP contribution in [0.15, 0.2) is 303 Å². The Morgan fingerprint density at radius 1 is 0.239 bits per heavy atom. The number of carbonyl (C=O) groups is 9. The molecule has 10 aromatic rings. The summed E-state index contributed by atoms with van der Waals surface area (Å²) in [5, 5.41) is 12.5. The average molecular weight is 1530 g/mol. The molecule has 3 fully saturated rings. The van der Waals surface area contributed by atoms with Gasteiger partial charge in [-0.25, -0.2) is 43.2 Å². The molecule has 3 saturated heterocycles.